The van der Waals surface area contributed by atoms with Crippen LogP contribution in [0, 0.1) is 0 Å². The van der Waals surface area contributed by atoms with Gasteiger partial charge in [-0.1, -0.05) is 0 Å². The highest BCUT2D eigenvalue weighted by molar-refractivity contribution is 5.85. The van der Waals surface area contributed by atoms with Crippen molar-refractivity contribution in [2.24, 2.45) is 0 Å². The Labute approximate surface area is 93.1 Å². The van der Waals surface area contributed by atoms with Crippen molar-refractivity contribution >= 4 is 11.9 Å². The van der Waals surface area contributed by atoms with Crippen LogP contribution in [0.1, 0.15) is 18.4 Å². The first-order valence-corrected chi connectivity index (χ1v) is 5.32. The van der Waals surface area contributed by atoms with E-state index in [0.717, 1.165) is 12.0 Å². The zero-order valence-electron chi connectivity index (χ0n) is 8.85. The van der Waals surface area contributed by atoms with E-state index >= 15 is 0 Å². The highest BCUT2D eigenvalue weighted by Gasteiger charge is 2.33. The molecule has 2 N–H and O–H groups in total. The van der Waals surface area contributed by atoms with E-state index in [1.807, 2.05) is 6.07 Å². The van der Waals surface area contributed by atoms with E-state index in [1.165, 1.54) is 4.90 Å². The number of aromatic amines is 1. The molecule has 1 fully saturated rings. The Kier molecular flexibility index (Phi) is 2.94. The van der Waals surface area contributed by atoms with Gasteiger partial charge in [-0.15, -0.1) is 0 Å². The van der Waals surface area contributed by atoms with Gasteiger partial charge < -0.3 is 15.0 Å². The van der Waals surface area contributed by atoms with Crippen LogP contribution in [0.15, 0.2) is 18.5 Å². The van der Waals surface area contributed by atoms with Crippen LogP contribution in [-0.2, 0) is 16.0 Å². The number of amides is 1. The van der Waals surface area contributed by atoms with E-state index in [2.05, 4.69) is 4.98 Å². The highest BCUT2D eigenvalue weighted by Crippen LogP contribution is 2.18. The molecule has 0 bridgehead atoms. The standard InChI is InChI=1S/C11H14N2O3/c14-10(6-8-3-4-12-7-8)13-5-1-2-9(13)11(15)16/h3-4,7,9,12H,1-2,5-6H2,(H,15,16). The van der Waals surface area contributed by atoms with Gasteiger partial charge in [0.2, 0.25) is 5.91 Å². The fourth-order valence-corrected chi connectivity index (χ4v) is 2.07. The highest BCUT2D eigenvalue weighted by atomic mass is 16.4. The molecule has 5 heteroatoms. The molecule has 1 atom stereocenters. The van der Waals surface area contributed by atoms with Crippen molar-refractivity contribution < 1.29 is 14.7 Å². The molecule has 2 heterocycles. The quantitative estimate of drug-likeness (QED) is 0.787. The first-order chi connectivity index (χ1) is 7.68. The number of hydrogen-bond donors (Lipinski definition) is 2. The van der Waals surface area contributed by atoms with E-state index in [1.54, 1.807) is 12.4 Å². The molecule has 0 aromatic carbocycles. The number of nitrogens with zero attached hydrogens (tertiary/aromatic N) is 1. The normalized spacial score (nSPS) is 20.0. The second-order valence-corrected chi connectivity index (χ2v) is 3.98. The van der Waals surface area contributed by atoms with Gasteiger partial charge in [0.15, 0.2) is 0 Å². The molecule has 0 spiro atoms. The molecule has 1 amide bonds. The van der Waals surface area contributed by atoms with E-state index in [9.17, 15) is 9.59 Å². The van der Waals surface area contributed by atoms with Crippen molar-refractivity contribution in [3.05, 3.63) is 24.0 Å². The second kappa shape index (κ2) is 4.38. The van der Waals surface area contributed by atoms with Crippen LogP contribution in [0.2, 0.25) is 0 Å². The number of nitrogens with one attached hydrogen (secondary N) is 1. The number of carbonyl (C=O) groups is 2. The SMILES string of the molecule is O=C(O)C1CCCN1C(=O)Cc1cc[nH]c1. The average molecular weight is 222 g/mol. The summed E-state index contributed by atoms with van der Waals surface area (Å²) in [6.07, 6.45) is 5.11. The van der Waals surface area contributed by atoms with Crippen LogP contribution in [0.5, 0.6) is 0 Å². The third kappa shape index (κ3) is 2.08. The van der Waals surface area contributed by atoms with Crippen LogP contribution in [-0.4, -0.2) is 39.5 Å². The molecule has 86 valence electrons. The van der Waals surface area contributed by atoms with Gasteiger partial charge in [0.25, 0.3) is 0 Å². The molecule has 16 heavy (non-hydrogen) atoms. The van der Waals surface area contributed by atoms with Gasteiger partial charge in [-0.25, -0.2) is 4.79 Å². The number of carbonyl (C=O) groups excluding carboxylic acids is 1. The summed E-state index contributed by atoms with van der Waals surface area (Å²) >= 11 is 0. The number of aliphatic carboxylic acids is 1. The Bertz CT molecular complexity index is 386. The predicted octanol–water partition coefficient (Wildman–Crippen LogP) is 0.633. The maximum Gasteiger partial charge on any atom is 0.326 e. The van der Waals surface area contributed by atoms with Crippen molar-refractivity contribution in [3.8, 4) is 0 Å². The molecule has 1 aromatic heterocycles. The first kappa shape index (κ1) is 10.7. The third-order valence-electron chi connectivity index (χ3n) is 2.88. The minimum absolute atomic E-state index is 0.107. The van der Waals surface area contributed by atoms with Crippen LogP contribution in [0.25, 0.3) is 0 Å². The molecule has 5 nitrogen and oxygen atoms in total. The lowest BCUT2D eigenvalue weighted by atomic mass is 10.2. The van der Waals surface area contributed by atoms with Crippen molar-refractivity contribution in [1.29, 1.82) is 0 Å². The molecule has 1 aliphatic rings. The lowest BCUT2D eigenvalue weighted by Gasteiger charge is -2.21. The predicted molar refractivity (Wildman–Crippen MR) is 56.9 cm³/mol. The Hall–Kier alpha value is -1.78. The van der Waals surface area contributed by atoms with Gasteiger partial charge in [-0.05, 0) is 24.5 Å². The third-order valence-corrected chi connectivity index (χ3v) is 2.88. The Balaban J connectivity index is 2.01. The van der Waals surface area contributed by atoms with Crippen molar-refractivity contribution in [2.45, 2.75) is 25.3 Å². The van der Waals surface area contributed by atoms with Gasteiger partial charge in [0.1, 0.15) is 6.04 Å². The molecule has 0 aliphatic carbocycles. The second-order valence-electron chi connectivity index (χ2n) is 3.98. The molecule has 1 unspecified atom stereocenters. The average Bonchev–Trinajstić information content (AvgIpc) is 2.86. The summed E-state index contributed by atoms with van der Waals surface area (Å²) in [5, 5.41) is 8.96. The van der Waals surface area contributed by atoms with Crippen LogP contribution >= 0.6 is 0 Å². The number of rotatable bonds is 3. The molecule has 0 saturated carbocycles. The lowest BCUT2D eigenvalue weighted by Crippen LogP contribution is -2.41. The smallest absolute Gasteiger partial charge is 0.326 e. The van der Waals surface area contributed by atoms with Crippen molar-refractivity contribution in [1.82, 2.24) is 9.88 Å². The monoisotopic (exact) mass is 222 g/mol. The summed E-state index contributed by atoms with van der Waals surface area (Å²) in [6.45, 7) is 0.556. The van der Waals surface area contributed by atoms with E-state index in [4.69, 9.17) is 5.11 Å². The molecule has 2 rings (SSSR count). The molecular weight excluding hydrogens is 208 g/mol. The van der Waals surface area contributed by atoms with Crippen molar-refractivity contribution in [2.75, 3.05) is 6.54 Å². The van der Waals surface area contributed by atoms with E-state index < -0.39 is 12.0 Å². The number of aromatic nitrogens is 1. The van der Waals surface area contributed by atoms with Crippen LogP contribution in [0.4, 0.5) is 0 Å². The van der Waals surface area contributed by atoms with Gasteiger partial charge in [0.05, 0.1) is 6.42 Å². The summed E-state index contributed by atoms with van der Waals surface area (Å²) in [4.78, 5) is 27.1. The molecule has 1 aromatic rings. The summed E-state index contributed by atoms with van der Waals surface area (Å²) in [5.74, 6) is -1.01. The summed E-state index contributed by atoms with van der Waals surface area (Å²) in [5.41, 5.74) is 0.890. The van der Waals surface area contributed by atoms with E-state index in [-0.39, 0.29) is 12.3 Å². The molecule has 1 aliphatic heterocycles. The zero-order valence-corrected chi connectivity index (χ0v) is 8.85. The largest absolute Gasteiger partial charge is 0.480 e. The number of hydrogen-bond acceptors (Lipinski definition) is 2. The minimum atomic E-state index is -0.903. The lowest BCUT2D eigenvalue weighted by molar-refractivity contribution is -0.148. The number of H-pyrrole nitrogens is 1. The topological polar surface area (TPSA) is 73.4 Å². The zero-order chi connectivity index (χ0) is 11.5. The molecule has 1 saturated heterocycles. The summed E-state index contributed by atoms with van der Waals surface area (Å²) < 4.78 is 0. The van der Waals surface area contributed by atoms with Gasteiger partial charge in [0, 0.05) is 18.9 Å². The van der Waals surface area contributed by atoms with Crippen LogP contribution in [0.3, 0.4) is 0 Å². The minimum Gasteiger partial charge on any atom is -0.480 e. The molecular formula is C11H14N2O3. The molecule has 0 radical (unpaired) electrons. The maximum atomic E-state index is 11.9. The van der Waals surface area contributed by atoms with Crippen LogP contribution < -0.4 is 0 Å². The maximum absolute atomic E-state index is 11.9. The Morgan fingerprint density at radius 3 is 3.00 bits per heavy atom. The summed E-state index contributed by atoms with van der Waals surface area (Å²) in [7, 11) is 0. The number of carboxylic acid groups (broad SMARTS) is 1. The Morgan fingerprint density at radius 2 is 2.38 bits per heavy atom. The number of likely N-dealkylation sites (tertiary alicyclic amines) is 1. The van der Waals surface area contributed by atoms with Crippen molar-refractivity contribution in [3.63, 3.8) is 0 Å². The number of carboxylic acids is 1. The summed E-state index contributed by atoms with van der Waals surface area (Å²) in [6, 6.07) is 1.19. The fourth-order valence-electron chi connectivity index (χ4n) is 2.07. The first-order valence-electron chi connectivity index (χ1n) is 5.32. The Morgan fingerprint density at radius 1 is 1.56 bits per heavy atom. The van der Waals surface area contributed by atoms with Gasteiger partial charge >= 0.3 is 5.97 Å². The van der Waals surface area contributed by atoms with Gasteiger partial charge in [-0.2, -0.15) is 0 Å². The van der Waals surface area contributed by atoms with E-state index in [0.29, 0.717) is 13.0 Å². The fraction of sp³-hybridized carbons (Fsp3) is 0.455. The van der Waals surface area contributed by atoms with Gasteiger partial charge in [-0.3, -0.25) is 4.79 Å².